The van der Waals surface area contributed by atoms with Crippen LogP contribution < -0.4 is 11.1 Å². The summed E-state index contributed by atoms with van der Waals surface area (Å²) in [7, 11) is 0. The maximum absolute atomic E-state index is 12.2. The summed E-state index contributed by atoms with van der Waals surface area (Å²) >= 11 is 6.08. The lowest BCUT2D eigenvalue weighted by atomic mass is 9.99. The largest absolute Gasteiger partial charge is 0.330 e. The molecule has 1 aromatic rings. The van der Waals surface area contributed by atoms with E-state index >= 15 is 0 Å². The van der Waals surface area contributed by atoms with Crippen molar-refractivity contribution in [2.75, 3.05) is 25.0 Å². The van der Waals surface area contributed by atoms with E-state index in [2.05, 4.69) is 10.2 Å². The summed E-state index contributed by atoms with van der Waals surface area (Å²) < 4.78 is 0. The highest BCUT2D eigenvalue weighted by Gasteiger charge is 2.23. The molecule has 1 aromatic carbocycles. The zero-order valence-corrected chi connectivity index (χ0v) is 14.6. The molecule has 1 amide bonds. The minimum Gasteiger partial charge on any atom is -0.330 e. The Labute approximate surface area is 143 Å². The van der Waals surface area contributed by atoms with Crippen molar-refractivity contribution < 1.29 is 4.79 Å². The van der Waals surface area contributed by atoms with Gasteiger partial charge in [0, 0.05) is 16.8 Å². The molecule has 124 valence electrons. The molecule has 1 unspecified atom stereocenters. The van der Waals surface area contributed by atoms with Gasteiger partial charge in [-0.2, -0.15) is 0 Å². The highest BCUT2D eigenvalue weighted by molar-refractivity contribution is 6.31. The number of piperidine rings is 1. The number of nitrogens with two attached hydrogens (primary N) is 1. The Hall–Kier alpha value is -0.810. The predicted molar refractivity (Wildman–Crippen MR) is 95.0 cm³/mol. The number of halogens is 2. The third-order valence-corrected chi connectivity index (χ3v) is 4.46. The molecule has 0 spiro atoms. The molecule has 0 aliphatic carbocycles. The number of hydrogen-bond donors (Lipinski definition) is 2. The molecule has 0 bridgehead atoms. The molecule has 22 heavy (non-hydrogen) atoms. The third kappa shape index (κ3) is 5.43. The van der Waals surface area contributed by atoms with Gasteiger partial charge < -0.3 is 11.1 Å². The standard InChI is InChI=1S/C16H24ClN3O.ClH/c1-12-5-6-13(10-15(12)17)19-16(21)11-20-9-3-2-4-14(20)7-8-18;/h5-6,10,14H,2-4,7-9,11,18H2,1H3,(H,19,21);1H. The summed E-state index contributed by atoms with van der Waals surface area (Å²) in [6, 6.07) is 6.03. The number of anilines is 1. The van der Waals surface area contributed by atoms with Crippen LogP contribution in [-0.2, 0) is 4.79 Å². The zero-order valence-electron chi connectivity index (χ0n) is 13.0. The van der Waals surface area contributed by atoms with Gasteiger partial charge in [-0.3, -0.25) is 9.69 Å². The summed E-state index contributed by atoms with van der Waals surface area (Å²) in [4.78, 5) is 14.5. The van der Waals surface area contributed by atoms with Gasteiger partial charge in [0.05, 0.1) is 6.54 Å². The van der Waals surface area contributed by atoms with E-state index in [-0.39, 0.29) is 18.3 Å². The number of amides is 1. The van der Waals surface area contributed by atoms with Gasteiger partial charge in [0.1, 0.15) is 0 Å². The zero-order chi connectivity index (χ0) is 15.2. The SMILES string of the molecule is Cc1ccc(NC(=O)CN2CCCCC2CCN)cc1Cl.Cl. The fraction of sp³-hybridized carbons (Fsp3) is 0.562. The first-order chi connectivity index (χ1) is 10.1. The number of carbonyl (C=O) groups is 1. The highest BCUT2D eigenvalue weighted by Crippen LogP contribution is 2.21. The molecule has 6 heteroatoms. The van der Waals surface area contributed by atoms with Crippen molar-refractivity contribution >= 4 is 35.6 Å². The molecule has 0 radical (unpaired) electrons. The Balaban J connectivity index is 0.00000242. The first kappa shape index (κ1) is 19.2. The van der Waals surface area contributed by atoms with Gasteiger partial charge in [0.15, 0.2) is 0 Å². The highest BCUT2D eigenvalue weighted by atomic mass is 35.5. The van der Waals surface area contributed by atoms with Crippen LogP contribution in [0.2, 0.25) is 5.02 Å². The average Bonchev–Trinajstić information content (AvgIpc) is 2.45. The number of nitrogens with one attached hydrogen (secondary N) is 1. The summed E-state index contributed by atoms with van der Waals surface area (Å²) in [5, 5.41) is 3.60. The normalized spacial score (nSPS) is 18.6. The predicted octanol–water partition coefficient (Wildman–Crippen LogP) is 3.21. The molecule has 1 saturated heterocycles. The van der Waals surface area contributed by atoms with Crippen molar-refractivity contribution in [3.05, 3.63) is 28.8 Å². The smallest absolute Gasteiger partial charge is 0.238 e. The summed E-state index contributed by atoms with van der Waals surface area (Å²) in [6.07, 6.45) is 4.49. The van der Waals surface area contributed by atoms with E-state index in [1.807, 2.05) is 19.1 Å². The van der Waals surface area contributed by atoms with Crippen LogP contribution in [0.5, 0.6) is 0 Å². The summed E-state index contributed by atoms with van der Waals surface area (Å²) in [6.45, 7) is 4.03. The van der Waals surface area contributed by atoms with Crippen LogP contribution in [0.25, 0.3) is 0 Å². The van der Waals surface area contributed by atoms with Gasteiger partial charge in [0.2, 0.25) is 5.91 Å². The molecule has 2 rings (SSSR count). The van der Waals surface area contributed by atoms with Crippen LogP contribution in [-0.4, -0.2) is 36.5 Å². The van der Waals surface area contributed by atoms with E-state index in [1.165, 1.54) is 6.42 Å². The van der Waals surface area contributed by atoms with E-state index in [9.17, 15) is 4.79 Å². The molecule has 1 fully saturated rings. The van der Waals surface area contributed by atoms with Gasteiger partial charge in [-0.15, -0.1) is 12.4 Å². The Kier molecular flexibility index (Phi) is 8.18. The van der Waals surface area contributed by atoms with Crippen molar-refractivity contribution in [3.8, 4) is 0 Å². The van der Waals surface area contributed by atoms with E-state index in [0.29, 0.717) is 24.2 Å². The van der Waals surface area contributed by atoms with Gasteiger partial charge in [-0.25, -0.2) is 0 Å². The molecule has 1 aliphatic rings. The number of aryl methyl sites for hydroxylation is 1. The van der Waals surface area contributed by atoms with Crippen LogP contribution in [0.4, 0.5) is 5.69 Å². The summed E-state index contributed by atoms with van der Waals surface area (Å²) in [5.41, 5.74) is 7.43. The molecular formula is C16H25Cl2N3O. The average molecular weight is 346 g/mol. The quantitative estimate of drug-likeness (QED) is 0.861. The van der Waals surface area contributed by atoms with Crippen molar-refractivity contribution in [2.24, 2.45) is 5.73 Å². The topological polar surface area (TPSA) is 58.4 Å². The van der Waals surface area contributed by atoms with E-state index in [4.69, 9.17) is 17.3 Å². The van der Waals surface area contributed by atoms with Crippen molar-refractivity contribution in [1.82, 2.24) is 4.90 Å². The monoisotopic (exact) mass is 345 g/mol. The van der Waals surface area contributed by atoms with Crippen LogP contribution in [0, 0.1) is 6.92 Å². The van der Waals surface area contributed by atoms with Gasteiger partial charge in [0.25, 0.3) is 0 Å². The van der Waals surface area contributed by atoms with Crippen molar-refractivity contribution in [2.45, 2.75) is 38.6 Å². The maximum Gasteiger partial charge on any atom is 0.238 e. The fourth-order valence-corrected chi connectivity index (χ4v) is 3.02. The molecule has 1 aliphatic heterocycles. The molecular weight excluding hydrogens is 321 g/mol. The number of rotatable bonds is 5. The first-order valence-corrected chi connectivity index (χ1v) is 7.98. The lowest BCUT2D eigenvalue weighted by Crippen LogP contribution is -2.44. The van der Waals surface area contributed by atoms with Gasteiger partial charge >= 0.3 is 0 Å². The van der Waals surface area contributed by atoms with Crippen molar-refractivity contribution in [3.63, 3.8) is 0 Å². The van der Waals surface area contributed by atoms with Gasteiger partial charge in [-0.05, 0) is 57.0 Å². The molecule has 0 aromatic heterocycles. The Bertz CT molecular complexity index is 494. The summed E-state index contributed by atoms with van der Waals surface area (Å²) in [5.74, 6) is 0.0128. The number of nitrogens with zero attached hydrogens (tertiary/aromatic N) is 1. The molecule has 1 atom stereocenters. The molecule has 0 saturated carbocycles. The van der Waals surface area contributed by atoms with Crippen LogP contribution in [0.15, 0.2) is 18.2 Å². The number of hydrogen-bond acceptors (Lipinski definition) is 3. The minimum atomic E-state index is 0. The second-order valence-corrected chi connectivity index (χ2v) is 6.12. The molecule has 4 nitrogen and oxygen atoms in total. The number of benzene rings is 1. The first-order valence-electron chi connectivity index (χ1n) is 7.60. The number of likely N-dealkylation sites (tertiary alicyclic amines) is 1. The number of carbonyl (C=O) groups excluding carboxylic acids is 1. The van der Waals surface area contributed by atoms with Crippen molar-refractivity contribution in [1.29, 1.82) is 0 Å². The molecule has 1 heterocycles. The third-order valence-electron chi connectivity index (χ3n) is 4.05. The maximum atomic E-state index is 12.2. The molecule has 3 N–H and O–H groups in total. The Morgan fingerprint density at radius 2 is 2.23 bits per heavy atom. The van der Waals surface area contributed by atoms with Crippen LogP contribution >= 0.6 is 24.0 Å². The lowest BCUT2D eigenvalue weighted by molar-refractivity contribution is -0.118. The second kappa shape index (κ2) is 9.36. The van der Waals surface area contributed by atoms with Crippen LogP contribution in [0.1, 0.15) is 31.2 Å². The van der Waals surface area contributed by atoms with E-state index in [1.54, 1.807) is 6.07 Å². The fourth-order valence-electron chi connectivity index (χ4n) is 2.84. The Morgan fingerprint density at radius 1 is 1.45 bits per heavy atom. The van der Waals surface area contributed by atoms with E-state index < -0.39 is 0 Å². The van der Waals surface area contributed by atoms with E-state index in [0.717, 1.165) is 37.1 Å². The minimum absolute atomic E-state index is 0. The van der Waals surface area contributed by atoms with Crippen LogP contribution in [0.3, 0.4) is 0 Å². The second-order valence-electron chi connectivity index (χ2n) is 5.71. The lowest BCUT2D eigenvalue weighted by Gasteiger charge is -2.35. The Morgan fingerprint density at radius 3 is 2.91 bits per heavy atom. The van der Waals surface area contributed by atoms with Gasteiger partial charge in [-0.1, -0.05) is 24.1 Å².